The van der Waals surface area contributed by atoms with E-state index in [9.17, 15) is 4.79 Å². The summed E-state index contributed by atoms with van der Waals surface area (Å²) in [4.78, 5) is 12.8. The Balaban J connectivity index is 1.77. The molecule has 0 saturated carbocycles. The fourth-order valence-corrected chi connectivity index (χ4v) is 3.37. The van der Waals surface area contributed by atoms with Gasteiger partial charge in [0.05, 0.1) is 6.42 Å². The van der Waals surface area contributed by atoms with Crippen LogP contribution in [0, 0.1) is 5.92 Å². The Hall–Kier alpha value is -0.910. The third-order valence-corrected chi connectivity index (χ3v) is 4.70. The minimum Gasteiger partial charge on any atom is -0.481 e. The van der Waals surface area contributed by atoms with Crippen molar-refractivity contribution in [2.24, 2.45) is 5.92 Å². The summed E-state index contributed by atoms with van der Waals surface area (Å²) in [5.74, 6) is -0.0795. The molecule has 2 N–H and O–H groups in total. The number of carboxylic acid groups (broad SMARTS) is 1. The van der Waals surface area contributed by atoms with Gasteiger partial charge in [-0.1, -0.05) is 0 Å². The summed E-state index contributed by atoms with van der Waals surface area (Å²) < 4.78 is 5.37. The molecule has 1 aromatic heterocycles. The maximum atomic E-state index is 10.6. The predicted molar refractivity (Wildman–Crippen MR) is 75.5 cm³/mol. The second-order valence-corrected chi connectivity index (χ2v) is 6.31. The van der Waals surface area contributed by atoms with Gasteiger partial charge in [-0.3, -0.25) is 4.79 Å². The fraction of sp³-hybridized carbons (Fsp3) is 0.643. The summed E-state index contributed by atoms with van der Waals surface area (Å²) in [7, 11) is 0. The molecule has 2 rings (SSSR count). The SMILES string of the molecule is CC(NCc1ccc(CC(=O)O)s1)C1CCOCC1. The van der Waals surface area contributed by atoms with E-state index >= 15 is 0 Å². The Morgan fingerprint density at radius 1 is 1.47 bits per heavy atom. The molecule has 0 bridgehead atoms. The Morgan fingerprint density at radius 2 is 2.16 bits per heavy atom. The summed E-state index contributed by atoms with van der Waals surface area (Å²) in [6.45, 7) is 4.79. The second-order valence-electron chi connectivity index (χ2n) is 5.06. The first-order chi connectivity index (χ1) is 9.15. The van der Waals surface area contributed by atoms with Crippen LogP contribution in [-0.2, 0) is 22.5 Å². The minimum absolute atomic E-state index is 0.125. The third-order valence-electron chi connectivity index (χ3n) is 3.61. The van der Waals surface area contributed by atoms with E-state index < -0.39 is 5.97 Å². The second kappa shape index (κ2) is 7.03. The zero-order valence-electron chi connectivity index (χ0n) is 11.2. The van der Waals surface area contributed by atoms with Gasteiger partial charge in [-0.25, -0.2) is 0 Å². The van der Waals surface area contributed by atoms with E-state index in [-0.39, 0.29) is 6.42 Å². The molecular weight excluding hydrogens is 262 g/mol. The van der Waals surface area contributed by atoms with Crippen LogP contribution < -0.4 is 5.32 Å². The number of thiophene rings is 1. The van der Waals surface area contributed by atoms with E-state index in [1.807, 2.05) is 12.1 Å². The van der Waals surface area contributed by atoms with Crippen LogP contribution in [0.2, 0.25) is 0 Å². The lowest BCUT2D eigenvalue weighted by Crippen LogP contribution is -2.36. The van der Waals surface area contributed by atoms with Crippen LogP contribution in [0.1, 0.15) is 29.5 Å². The maximum Gasteiger partial charge on any atom is 0.308 e. The average molecular weight is 283 g/mol. The highest BCUT2D eigenvalue weighted by Gasteiger charge is 2.20. The molecule has 19 heavy (non-hydrogen) atoms. The first kappa shape index (κ1) is 14.5. The summed E-state index contributed by atoms with van der Waals surface area (Å²) in [5, 5.41) is 12.3. The number of hydrogen-bond acceptors (Lipinski definition) is 4. The Kier molecular flexibility index (Phi) is 5.36. The fourth-order valence-electron chi connectivity index (χ4n) is 2.41. The highest BCUT2D eigenvalue weighted by atomic mass is 32.1. The quantitative estimate of drug-likeness (QED) is 0.841. The van der Waals surface area contributed by atoms with Crippen molar-refractivity contribution in [3.8, 4) is 0 Å². The summed E-state index contributed by atoms with van der Waals surface area (Å²) >= 11 is 1.58. The first-order valence-electron chi connectivity index (χ1n) is 6.75. The van der Waals surface area contributed by atoms with Crippen molar-refractivity contribution in [2.45, 2.75) is 38.8 Å². The molecule has 0 aromatic carbocycles. The van der Waals surface area contributed by atoms with E-state index in [4.69, 9.17) is 9.84 Å². The van der Waals surface area contributed by atoms with Crippen LogP contribution >= 0.6 is 11.3 Å². The molecule has 5 heteroatoms. The lowest BCUT2D eigenvalue weighted by atomic mass is 9.93. The number of hydrogen-bond donors (Lipinski definition) is 2. The topological polar surface area (TPSA) is 58.6 Å². The molecule has 0 spiro atoms. The van der Waals surface area contributed by atoms with E-state index in [0.29, 0.717) is 12.0 Å². The monoisotopic (exact) mass is 283 g/mol. The standard InChI is InChI=1S/C14H21NO3S/c1-10(11-4-6-18-7-5-11)15-9-13-3-2-12(19-13)8-14(16)17/h2-3,10-11,15H,4-9H2,1H3,(H,16,17). The highest BCUT2D eigenvalue weighted by Crippen LogP contribution is 2.20. The maximum absolute atomic E-state index is 10.6. The molecule has 1 fully saturated rings. The molecule has 4 nitrogen and oxygen atoms in total. The van der Waals surface area contributed by atoms with Crippen LogP contribution in [0.5, 0.6) is 0 Å². The van der Waals surface area contributed by atoms with Gasteiger partial charge in [0.1, 0.15) is 0 Å². The summed E-state index contributed by atoms with van der Waals surface area (Å²) in [6.07, 6.45) is 2.38. The van der Waals surface area contributed by atoms with Gasteiger partial charge in [0, 0.05) is 35.6 Å². The zero-order valence-corrected chi connectivity index (χ0v) is 12.0. The molecule has 106 valence electrons. The molecule has 2 heterocycles. The van der Waals surface area contributed by atoms with Crippen molar-refractivity contribution in [2.75, 3.05) is 13.2 Å². The Morgan fingerprint density at radius 3 is 2.84 bits per heavy atom. The van der Waals surface area contributed by atoms with Crippen molar-refractivity contribution in [3.05, 3.63) is 21.9 Å². The molecule has 1 aliphatic rings. The van der Waals surface area contributed by atoms with Crippen molar-refractivity contribution in [3.63, 3.8) is 0 Å². The molecule has 1 atom stereocenters. The van der Waals surface area contributed by atoms with Crippen molar-refractivity contribution < 1.29 is 14.6 Å². The number of nitrogens with one attached hydrogen (secondary N) is 1. The van der Waals surface area contributed by atoms with Gasteiger partial charge >= 0.3 is 5.97 Å². The van der Waals surface area contributed by atoms with Crippen LogP contribution in [-0.4, -0.2) is 30.3 Å². The molecule has 0 amide bonds. The Labute approximate surface area is 117 Å². The van der Waals surface area contributed by atoms with Crippen LogP contribution in [0.15, 0.2) is 12.1 Å². The molecule has 1 unspecified atom stereocenters. The number of carboxylic acids is 1. The van der Waals surface area contributed by atoms with Gasteiger partial charge in [0.2, 0.25) is 0 Å². The van der Waals surface area contributed by atoms with E-state index in [2.05, 4.69) is 12.2 Å². The van der Waals surface area contributed by atoms with Gasteiger partial charge in [-0.15, -0.1) is 11.3 Å². The van der Waals surface area contributed by atoms with E-state index in [1.165, 1.54) is 4.88 Å². The van der Waals surface area contributed by atoms with Crippen LogP contribution in [0.3, 0.4) is 0 Å². The molecule has 0 aliphatic carbocycles. The van der Waals surface area contributed by atoms with E-state index in [0.717, 1.165) is 37.5 Å². The lowest BCUT2D eigenvalue weighted by molar-refractivity contribution is -0.136. The number of aliphatic carboxylic acids is 1. The lowest BCUT2D eigenvalue weighted by Gasteiger charge is -2.28. The van der Waals surface area contributed by atoms with E-state index in [1.54, 1.807) is 11.3 Å². The highest BCUT2D eigenvalue weighted by molar-refractivity contribution is 7.12. The smallest absolute Gasteiger partial charge is 0.308 e. The first-order valence-corrected chi connectivity index (χ1v) is 7.57. The van der Waals surface area contributed by atoms with Crippen LogP contribution in [0.25, 0.3) is 0 Å². The van der Waals surface area contributed by atoms with Crippen LogP contribution in [0.4, 0.5) is 0 Å². The van der Waals surface area contributed by atoms with Crippen molar-refractivity contribution in [1.29, 1.82) is 0 Å². The average Bonchev–Trinajstić information content (AvgIpc) is 2.84. The minimum atomic E-state index is -0.767. The number of rotatable bonds is 6. The predicted octanol–water partition coefficient (Wildman–Crippen LogP) is 2.28. The molecule has 1 aliphatic heterocycles. The number of ether oxygens (including phenoxy) is 1. The summed E-state index contributed by atoms with van der Waals surface area (Å²) in [6, 6.07) is 4.41. The van der Waals surface area contributed by atoms with Gasteiger partial charge in [-0.2, -0.15) is 0 Å². The summed E-state index contributed by atoms with van der Waals surface area (Å²) in [5.41, 5.74) is 0. The number of carbonyl (C=O) groups is 1. The van der Waals surface area contributed by atoms with Crippen molar-refractivity contribution in [1.82, 2.24) is 5.32 Å². The Bertz CT molecular complexity index is 413. The van der Waals surface area contributed by atoms with Gasteiger partial charge in [-0.05, 0) is 37.8 Å². The van der Waals surface area contributed by atoms with Crippen molar-refractivity contribution >= 4 is 17.3 Å². The molecule has 0 radical (unpaired) electrons. The molecular formula is C14H21NO3S. The van der Waals surface area contributed by atoms with Gasteiger partial charge < -0.3 is 15.2 Å². The third kappa shape index (κ3) is 4.60. The normalized spacial score (nSPS) is 18.4. The zero-order chi connectivity index (χ0) is 13.7. The molecule has 1 aromatic rings. The van der Waals surface area contributed by atoms with Gasteiger partial charge in [0.25, 0.3) is 0 Å². The van der Waals surface area contributed by atoms with Gasteiger partial charge in [0.15, 0.2) is 0 Å². The molecule has 1 saturated heterocycles. The largest absolute Gasteiger partial charge is 0.481 e.